The molecule has 0 aliphatic heterocycles. The highest BCUT2D eigenvalue weighted by Crippen LogP contribution is 2.36. The number of hydrogen-bond donors (Lipinski definition) is 1. The summed E-state index contributed by atoms with van der Waals surface area (Å²) in [5.41, 5.74) is 8.43. The lowest BCUT2D eigenvalue weighted by molar-refractivity contribution is 0.632. The fourth-order valence-corrected chi connectivity index (χ4v) is 3.35. The molecule has 1 saturated carbocycles. The maximum Gasteiger partial charge on any atom is 0.140 e. The van der Waals surface area contributed by atoms with Crippen LogP contribution in [0.5, 0.6) is 0 Å². The zero-order valence-electron chi connectivity index (χ0n) is 12.0. The largest absolute Gasteiger partial charge is 0.383 e. The van der Waals surface area contributed by atoms with Crippen LogP contribution in [0.1, 0.15) is 48.4 Å². The van der Waals surface area contributed by atoms with Crippen molar-refractivity contribution in [1.82, 2.24) is 9.78 Å². The Kier molecular flexibility index (Phi) is 4.28. The monoisotopic (exact) mass is 334 g/mol. The van der Waals surface area contributed by atoms with Crippen LogP contribution in [-0.2, 0) is 6.54 Å². The first-order valence-corrected chi connectivity index (χ1v) is 8.06. The summed E-state index contributed by atoms with van der Waals surface area (Å²) in [6, 6.07) is 7.65. The quantitative estimate of drug-likeness (QED) is 0.907. The Balaban J connectivity index is 1.93. The first kappa shape index (κ1) is 15.2. The van der Waals surface area contributed by atoms with Gasteiger partial charge in [-0.25, -0.2) is 4.68 Å². The van der Waals surface area contributed by atoms with Gasteiger partial charge in [-0.2, -0.15) is 10.4 Å². The Hall–Kier alpha value is -1.70. The van der Waals surface area contributed by atoms with Crippen LogP contribution in [0.25, 0.3) is 0 Å². The highest BCUT2D eigenvalue weighted by Gasteiger charge is 2.26. The van der Waals surface area contributed by atoms with E-state index in [4.69, 9.17) is 28.9 Å². The third-order valence-corrected chi connectivity index (χ3v) is 4.93. The van der Waals surface area contributed by atoms with Crippen molar-refractivity contribution in [2.24, 2.45) is 0 Å². The summed E-state index contributed by atoms with van der Waals surface area (Å²) >= 11 is 12.0. The van der Waals surface area contributed by atoms with Crippen LogP contribution in [0.3, 0.4) is 0 Å². The lowest BCUT2D eigenvalue weighted by Gasteiger charge is -2.06. The Morgan fingerprint density at radius 2 is 2.00 bits per heavy atom. The predicted molar refractivity (Wildman–Crippen MR) is 88.1 cm³/mol. The SMILES string of the molecule is N#Cc1c(C2CCCC2)nn(Cc2ccc(Cl)c(Cl)c2)c1N. The van der Waals surface area contributed by atoms with Gasteiger partial charge in [0.25, 0.3) is 0 Å². The number of nitriles is 1. The van der Waals surface area contributed by atoms with E-state index in [0.29, 0.717) is 33.9 Å². The molecular formula is C16H16Cl2N4. The van der Waals surface area contributed by atoms with E-state index in [9.17, 15) is 5.26 Å². The number of rotatable bonds is 3. The van der Waals surface area contributed by atoms with Crippen molar-refractivity contribution < 1.29 is 0 Å². The van der Waals surface area contributed by atoms with Gasteiger partial charge in [0, 0.05) is 5.92 Å². The summed E-state index contributed by atoms with van der Waals surface area (Å²) in [6.45, 7) is 0.476. The maximum absolute atomic E-state index is 9.40. The van der Waals surface area contributed by atoms with E-state index in [1.54, 1.807) is 16.8 Å². The van der Waals surface area contributed by atoms with Gasteiger partial charge >= 0.3 is 0 Å². The molecule has 6 heteroatoms. The number of hydrogen-bond acceptors (Lipinski definition) is 3. The molecule has 0 saturated heterocycles. The minimum atomic E-state index is 0.354. The molecule has 0 amide bonds. The molecule has 1 heterocycles. The molecule has 1 aromatic carbocycles. The van der Waals surface area contributed by atoms with Gasteiger partial charge in [-0.15, -0.1) is 0 Å². The molecule has 1 aromatic heterocycles. The molecule has 1 aliphatic carbocycles. The van der Waals surface area contributed by atoms with Gasteiger partial charge < -0.3 is 5.73 Å². The molecule has 114 valence electrons. The van der Waals surface area contributed by atoms with Crippen molar-refractivity contribution in [3.05, 3.63) is 45.1 Å². The third-order valence-electron chi connectivity index (χ3n) is 4.19. The summed E-state index contributed by atoms with van der Waals surface area (Å²) in [5, 5.41) is 15.0. The summed E-state index contributed by atoms with van der Waals surface area (Å²) in [7, 11) is 0. The summed E-state index contributed by atoms with van der Waals surface area (Å²) in [5.74, 6) is 0.780. The number of nitrogens with zero attached hydrogens (tertiary/aromatic N) is 3. The van der Waals surface area contributed by atoms with E-state index < -0.39 is 0 Å². The lowest BCUT2D eigenvalue weighted by Crippen LogP contribution is -2.06. The van der Waals surface area contributed by atoms with Crippen molar-refractivity contribution in [3.63, 3.8) is 0 Å². The lowest BCUT2D eigenvalue weighted by atomic mass is 10.0. The molecule has 3 rings (SSSR count). The van der Waals surface area contributed by atoms with E-state index in [-0.39, 0.29) is 0 Å². The molecule has 0 unspecified atom stereocenters. The van der Waals surface area contributed by atoms with Crippen LogP contribution in [-0.4, -0.2) is 9.78 Å². The van der Waals surface area contributed by atoms with E-state index in [1.165, 1.54) is 12.8 Å². The zero-order valence-corrected chi connectivity index (χ0v) is 13.5. The summed E-state index contributed by atoms with van der Waals surface area (Å²) in [4.78, 5) is 0. The van der Waals surface area contributed by atoms with Crippen LogP contribution in [0, 0.1) is 11.3 Å². The van der Waals surface area contributed by atoms with Crippen molar-refractivity contribution in [1.29, 1.82) is 5.26 Å². The maximum atomic E-state index is 9.40. The average molecular weight is 335 g/mol. The van der Waals surface area contributed by atoms with Crippen LogP contribution < -0.4 is 5.73 Å². The van der Waals surface area contributed by atoms with E-state index in [0.717, 1.165) is 24.1 Å². The van der Waals surface area contributed by atoms with Crippen molar-refractivity contribution in [2.75, 3.05) is 5.73 Å². The van der Waals surface area contributed by atoms with Gasteiger partial charge in [-0.3, -0.25) is 0 Å². The minimum Gasteiger partial charge on any atom is -0.383 e. The first-order valence-electron chi connectivity index (χ1n) is 7.30. The van der Waals surface area contributed by atoms with Crippen LogP contribution in [0.15, 0.2) is 18.2 Å². The Morgan fingerprint density at radius 1 is 1.27 bits per heavy atom. The second-order valence-electron chi connectivity index (χ2n) is 5.64. The van der Waals surface area contributed by atoms with Crippen molar-refractivity contribution in [3.8, 4) is 6.07 Å². The van der Waals surface area contributed by atoms with Gasteiger partial charge in [0.2, 0.25) is 0 Å². The highest BCUT2D eigenvalue weighted by atomic mass is 35.5. The molecule has 0 bridgehead atoms. The molecule has 0 radical (unpaired) electrons. The summed E-state index contributed by atoms with van der Waals surface area (Å²) < 4.78 is 1.69. The number of halogens is 2. The second-order valence-corrected chi connectivity index (χ2v) is 6.46. The number of aromatic nitrogens is 2. The Labute approximate surface area is 139 Å². The summed E-state index contributed by atoms with van der Waals surface area (Å²) in [6.07, 6.45) is 4.54. The van der Waals surface area contributed by atoms with Gasteiger partial charge in [0.15, 0.2) is 0 Å². The zero-order chi connectivity index (χ0) is 15.7. The van der Waals surface area contributed by atoms with E-state index in [1.807, 2.05) is 6.07 Å². The fourth-order valence-electron chi connectivity index (χ4n) is 3.03. The third kappa shape index (κ3) is 2.79. The molecule has 2 aromatic rings. The molecule has 1 aliphatic rings. The van der Waals surface area contributed by atoms with Crippen molar-refractivity contribution >= 4 is 29.0 Å². The molecule has 1 fully saturated rings. The van der Waals surface area contributed by atoms with Gasteiger partial charge in [-0.05, 0) is 30.5 Å². The molecule has 22 heavy (non-hydrogen) atoms. The number of nitrogen functional groups attached to an aromatic ring is 1. The fraction of sp³-hybridized carbons (Fsp3) is 0.375. The Bertz CT molecular complexity index is 739. The smallest absolute Gasteiger partial charge is 0.140 e. The predicted octanol–water partition coefficient (Wildman–Crippen LogP) is 4.35. The van der Waals surface area contributed by atoms with E-state index >= 15 is 0 Å². The van der Waals surface area contributed by atoms with Gasteiger partial charge in [0.1, 0.15) is 17.5 Å². The minimum absolute atomic E-state index is 0.354. The van der Waals surface area contributed by atoms with Gasteiger partial charge in [-0.1, -0.05) is 42.1 Å². The van der Waals surface area contributed by atoms with Crippen LogP contribution >= 0.6 is 23.2 Å². The van der Waals surface area contributed by atoms with Gasteiger partial charge in [0.05, 0.1) is 22.3 Å². The van der Waals surface area contributed by atoms with Crippen LogP contribution in [0.2, 0.25) is 10.0 Å². The standard InChI is InChI=1S/C16H16Cl2N4/c17-13-6-5-10(7-14(13)18)9-22-16(20)12(8-19)15(21-22)11-3-1-2-4-11/h5-7,11H,1-4,9,20H2. The first-order chi connectivity index (χ1) is 10.6. The van der Waals surface area contributed by atoms with Crippen LogP contribution in [0.4, 0.5) is 5.82 Å². The highest BCUT2D eigenvalue weighted by molar-refractivity contribution is 6.42. The normalized spacial score (nSPS) is 15.1. The second kappa shape index (κ2) is 6.20. The molecule has 4 nitrogen and oxygen atoms in total. The Morgan fingerprint density at radius 3 is 2.64 bits per heavy atom. The number of nitrogens with two attached hydrogens (primary N) is 1. The molecule has 2 N–H and O–H groups in total. The average Bonchev–Trinajstić information content (AvgIpc) is 3.12. The number of benzene rings is 1. The molecule has 0 spiro atoms. The molecular weight excluding hydrogens is 319 g/mol. The topological polar surface area (TPSA) is 67.6 Å². The van der Waals surface area contributed by atoms with E-state index in [2.05, 4.69) is 11.2 Å². The van der Waals surface area contributed by atoms with Crippen molar-refractivity contribution in [2.45, 2.75) is 38.1 Å². The number of anilines is 1. The molecule has 0 atom stereocenters.